The molecule has 3 aromatic rings. The van der Waals surface area contributed by atoms with Crippen molar-refractivity contribution < 1.29 is 24.0 Å². The van der Waals surface area contributed by atoms with Crippen LogP contribution < -0.4 is 5.48 Å². The first-order valence-electron chi connectivity index (χ1n) is 13.8. The molecule has 11 heteroatoms. The van der Waals surface area contributed by atoms with Crippen LogP contribution in [0.1, 0.15) is 65.2 Å². The Bertz CT molecular complexity index is 1470. The molecule has 2 heterocycles. The molecule has 8 nitrogen and oxygen atoms in total. The highest BCUT2D eigenvalue weighted by Gasteiger charge is 2.50. The first-order chi connectivity index (χ1) is 20.3. The molecule has 0 aromatic heterocycles. The molecule has 0 radical (unpaired) electrons. The first kappa shape index (κ1) is 30.3. The molecule has 0 aliphatic carbocycles. The molecule has 1 saturated heterocycles. The molecule has 2 aliphatic heterocycles. The number of hydrogen-bond acceptors (Lipinski definition) is 6. The minimum atomic E-state index is -0.937. The number of hydrogen-bond donors (Lipinski definition) is 1. The molecule has 1 N–H and O–H groups in total. The summed E-state index contributed by atoms with van der Waals surface area (Å²) in [4.78, 5) is 47.1. The molecule has 1 fully saturated rings. The zero-order valence-corrected chi connectivity index (χ0v) is 25.2. The highest BCUT2D eigenvalue weighted by molar-refractivity contribution is 6.35. The first-order valence-corrected chi connectivity index (χ1v) is 14.9. The van der Waals surface area contributed by atoms with Gasteiger partial charge in [-0.15, -0.1) is 0 Å². The Balaban J connectivity index is 1.58. The summed E-state index contributed by atoms with van der Waals surface area (Å²) in [5, 5.41) is 4.54. The minimum absolute atomic E-state index is 0.101. The number of rotatable bonds is 8. The molecule has 42 heavy (non-hydrogen) atoms. The van der Waals surface area contributed by atoms with Crippen LogP contribution in [0.3, 0.4) is 0 Å². The van der Waals surface area contributed by atoms with Gasteiger partial charge in [0, 0.05) is 27.2 Å². The van der Waals surface area contributed by atoms with Crippen molar-refractivity contribution in [2.24, 2.45) is 0 Å². The lowest BCUT2D eigenvalue weighted by molar-refractivity contribution is -0.164. The summed E-state index contributed by atoms with van der Waals surface area (Å²) in [6.45, 7) is 2.47. The van der Waals surface area contributed by atoms with E-state index in [2.05, 4.69) is 5.48 Å². The lowest BCUT2D eigenvalue weighted by atomic mass is 9.79. The summed E-state index contributed by atoms with van der Waals surface area (Å²) in [5.74, 6) is -2.18. The minimum Gasteiger partial charge on any atom is -0.465 e. The third-order valence-corrected chi connectivity index (χ3v) is 8.33. The van der Waals surface area contributed by atoms with Gasteiger partial charge in [-0.1, -0.05) is 71.2 Å². The van der Waals surface area contributed by atoms with Gasteiger partial charge >= 0.3 is 5.97 Å². The zero-order chi connectivity index (χ0) is 29.8. The molecule has 3 atom stereocenters. The van der Waals surface area contributed by atoms with Crippen LogP contribution in [0.15, 0.2) is 66.7 Å². The largest absolute Gasteiger partial charge is 0.465 e. The number of nitrogens with zero attached hydrogens (tertiary/aromatic N) is 2. The molecular weight excluding hydrogens is 601 g/mol. The number of carbonyl (C=O) groups excluding carboxylic acids is 3. The van der Waals surface area contributed by atoms with Crippen molar-refractivity contribution in [1.82, 2.24) is 15.5 Å². The van der Waals surface area contributed by atoms with Crippen LogP contribution in [-0.2, 0) is 25.8 Å². The van der Waals surface area contributed by atoms with E-state index in [9.17, 15) is 14.4 Å². The molecule has 2 amide bonds. The van der Waals surface area contributed by atoms with E-state index in [-0.39, 0.29) is 24.1 Å². The average molecular weight is 631 g/mol. The van der Waals surface area contributed by atoms with Crippen molar-refractivity contribution in [3.05, 3.63) is 104 Å². The summed E-state index contributed by atoms with van der Waals surface area (Å²) in [7, 11) is 0. The van der Waals surface area contributed by atoms with Crippen LogP contribution in [0.2, 0.25) is 15.1 Å². The fourth-order valence-corrected chi connectivity index (χ4v) is 6.27. The van der Waals surface area contributed by atoms with Crippen LogP contribution in [-0.4, -0.2) is 47.0 Å². The van der Waals surface area contributed by atoms with Gasteiger partial charge in [0.05, 0.1) is 25.2 Å². The Kier molecular flexibility index (Phi) is 9.70. The van der Waals surface area contributed by atoms with Gasteiger partial charge in [0.1, 0.15) is 6.04 Å². The van der Waals surface area contributed by atoms with Gasteiger partial charge in [-0.05, 0) is 73.2 Å². The molecule has 3 unspecified atom stereocenters. The zero-order valence-electron chi connectivity index (χ0n) is 22.9. The number of piperidine rings is 1. The smallest absolute Gasteiger partial charge is 0.325 e. The highest BCUT2D eigenvalue weighted by Crippen LogP contribution is 2.47. The second-order valence-electron chi connectivity index (χ2n) is 10.1. The van der Waals surface area contributed by atoms with E-state index in [4.69, 9.17) is 44.4 Å². The van der Waals surface area contributed by atoms with E-state index in [1.165, 1.54) is 5.01 Å². The molecule has 0 saturated carbocycles. The van der Waals surface area contributed by atoms with Gasteiger partial charge in [-0.2, -0.15) is 0 Å². The van der Waals surface area contributed by atoms with Gasteiger partial charge in [0.25, 0.3) is 11.8 Å². The maximum Gasteiger partial charge on any atom is 0.325 e. The van der Waals surface area contributed by atoms with E-state index in [1.807, 2.05) is 0 Å². The second-order valence-corrected chi connectivity index (χ2v) is 11.4. The quantitative estimate of drug-likeness (QED) is 0.226. The molecule has 220 valence electrons. The number of fused-ring (bicyclic) bond motifs is 1. The summed E-state index contributed by atoms with van der Waals surface area (Å²) in [6.07, 6.45) is 2.06. The van der Waals surface area contributed by atoms with E-state index >= 15 is 0 Å². The fraction of sp³-hybridized carbons (Fsp3) is 0.323. The Morgan fingerprint density at radius 1 is 0.952 bits per heavy atom. The van der Waals surface area contributed by atoms with E-state index < -0.39 is 29.9 Å². The third-order valence-electron chi connectivity index (χ3n) is 7.51. The fourth-order valence-electron chi connectivity index (χ4n) is 5.62. The van der Waals surface area contributed by atoms with Crippen LogP contribution in [0.25, 0.3) is 0 Å². The highest BCUT2D eigenvalue weighted by atomic mass is 35.5. The van der Waals surface area contributed by atoms with Crippen LogP contribution >= 0.6 is 34.8 Å². The Hall–Kier alpha value is -3.14. The number of halogens is 3. The monoisotopic (exact) mass is 629 g/mol. The van der Waals surface area contributed by atoms with E-state index in [0.717, 1.165) is 18.4 Å². The number of hydrazine groups is 1. The average Bonchev–Trinajstić information content (AvgIpc) is 2.98. The van der Waals surface area contributed by atoms with Crippen molar-refractivity contribution in [2.75, 3.05) is 13.2 Å². The van der Waals surface area contributed by atoms with Crippen molar-refractivity contribution in [3.63, 3.8) is 0 Å². The SMILES string of the molecule is CCOC(=O)C1CCCCN1N1C(=O)c2ccccc2C(C(=O)NOCc2ccc(Cl)cc2)C1c1ccc(Cl)cc1Cl. The molecule has 0 spiro atoms. The van der Waals surface area contributed by atoms with Gasteiger partial charge in [0.2, 0.25) is 0 Å². The summed E-state index contributed by atoms with van der Waals surface area (Å²) in [6, 6.07) is 17.4. The second kappa shape index (κ2) is 13.4. The van der Waals surface area contributed by atoms with E-state index in [0.29, 0.717) is 39.7 Å². The number of amides is 2. The van der Waals surface area contributed by atoms with Gasteiger partial charge < -0.3 is 4.74 Å². The normalized spacial score (nSPS) is 20.6. The van der Waals surface area contributed by atoms with E-state index in [1.54, 1.807) is 78.7 Å². The topological polar surface area (TPSA) is 88.2 Å². The van der Waals surface area contributed by atoms with Crippen molar-refractivity contribution in [2.45, 2.75) is 50.8 Å². The summed E-state index contributed by atoms with van der Waals surface area (Å²) >= 11 is 19.0. The molecule has 2 aliphatic rings. The Morgan fingerprint density at radius 3 is 2.43 bits per heavy atom. The predicted molar refractivity (Wildman–Crippen MR) is 160 cm³/mol. The van der Waals surface area contributed by atoms with Gasteiger partial charge in [0.15, 0.2) is 0 Å². The number of nitrogens with one attached hydrogen (secondary N) is 1. The lowest BCUT2D eigenvalue weighted by Gasteiger charge is -2.50. The number of esters is 1. The molecule has 0 bridgehead atoms. The number of benzene rings is 3. The molecule has 3 aromatic carbocycles. The van der Waals surface area contributed by atoms with Crippen LogP contribution in [0, 0.1) is 0 Å². The summed E-state index contributed by atoms with van der Waals surface area (Å²) < 4.78 is 5.39. The van der Waals surface area contributed by atoms with Gasteiger partial charge in [-0.3, -0.25) is 24.2 Å². The van der Waals surface area contributed by atoms with Crippen molar-refractivity contribution >= 4 is 52.6 Å². The van der Waals surface area contributed by atoms with Crippen LogP contribution in [0.4, 0.5) is 0 Å². The number of ether oxygens (including phenoxy) is 1. The number of hydroxylamine groups is 1. The summed E-state index contributed by atoms with van der Waals surface area (Å²) in [5.41, 5.74) is 4.78. The standard InChI is InChI=1S/C31H30Cl3N3O5/c1-2-41-31(40)26-9-5-6-16-36(26)37-28(24-15-14-21(33)17-25(24)34)27(22-7-3-4-8-23(22)30(37)39)29(38)35-42-18-19-10-12-20(32)13-11-19/h3-4,7-8,10-15,17,26-28H,2,5-6,9,16,18H2,1H3,(H,35,38). The lowest BCUT2D eigenvalue weighted by Crippen LogP contribution is -2.61. The van der Waals surface area contributed by atoms with Gasteiger partial charge in [-0.25, -0.2) is 10.5 Å². The maximum atomic E-state index is 14.3. The number of carbonyl (C=O) groups is 3. The predicted octanol–water partition coefficient (Wildman–Crippen LogP) is 6.51. The Labute approximate surface area is 259 Å². The molecule has 5 rings (SSSR count). The Morgan fingerprint density at radius 2 is 1.69 bits per heavy atom. The maximum absolute atomic E-state index is 14.3. The van der Waals surface area contributed by atoms with Crippen molar-refractivity contribution in [1.29, 1.82) is 0 Å². The van der Waals surface area contributed by atoms with Crippen molar-refractivity contribution in [3.8, 4) is 0 Å². The van der Waals surface area contributed by atoms with Crippen LogP contribution in [0.5, 0.6) is 0 Å². The molecular formula is C31H30Cl3N3O5. The third kappa shape index (κ3) is 6.28.